The fraction of sp³-hybridized carbons (Fsp3) is 0. The van der Waals surface area contributed by atoms with Gasteiger partial charge in [0, 0.05) is 15.6 Å². The molecule has 0 bridgehead atoms. The molecule has 0 spiro atoms. The molecule has 0 fully saturated rings. The molecule has 2 rings (SSSR count). The summed E-state index contributed by atoms with van der Waals surface area (Å²) in [6, 6.07) is 8.82. The number of hydrogen-bond acceptors (Lipinski definition) is 2. The summed E-state index contributed by atoms with van der Waals surface area (Å²) in [5, 5.41) is 2.86. The first kappa shape index (κ1) is 15.9. The van der Waals surface area contributed by atoms with Gasteiger partial charge in [-0.25, -0.2) is 4.39 Å². The maximum absolute atomic E-state index is 13.9. The third kappa shape index (κ3) is 3.78. The summed E-state index contributed by atoms with van der Waals surface area (Å²) in [6.45, 7) is 0. The lowest BCUT2D eigenvalue weighted by atomic mass is 10.1. The minimum absolute atomic E-state index is 0.0408. The predicted molar refractivity (Wildman–Crippen MR) is 89.4 cm³/mol. The number of thiocarbonyl (C=S) groups is 1. The van der Waals surface area contributed by atoms with E-state index in [2.05, 4.69) is 21.2 Å². The van der Waals surface area contributed by atoms with E-state index in [1.165, 1.54) is 24.3 Å². The first-order valence-electron chi connectivity index (χ1n) is 5.74. The summed E-state index contributed by atoms with van der Waals surface area (Å²) in [5.41, 5.74) is 6.17. The van der Waals surface area contributed by atoms with Crippen molar-refractivity contribution in [2.75, 3.05) is 5.32 Å². The Bertz CT molecular complexity index is 739. The van der Waals surface area contributed by atoms with Crippen LogP contribution >= 0.6 is 39.7 Å². The number of nitrogens with two attached hydrogens (primary N) is 1. The molecule has 0 saturated heterocycles. The molecular weight excluding hydrogens is 379 g/mol. The summed E-state index contributed by atoms with van der Waals surface area (Å²) >= 11 is 13.9. The second kappa shape index (κ2) is 6.51. The van der Waals surface area contributed by atoms with E-state index in [4.69, 9.17) is 29.6 Å². The van der Waals surface area contributed by atoms with Gasteiger partial charge in [0.15, 0.2) is 0 Å². The maximum Gasteiger partial charge on any atom is 0.255 e. The van der Waals surface area contributed by atoms with E-state index in [1.807, 2.05) is 0 Å². The molecule has 108 valence electrons. The largest absolute Gasteiger partial charge is 0.389 e. The molecule has 2 aromatic carbocycles. The molecular formula is C14H9BrClFN2OS. The van der Waals surface area contributed by atoms with Crippen molar-refractivity contribution in [3.63, 3.8) is 0 Å². The van der Waals surface area contributed by atoms with Crippen molar-refractivity contribution >= 4 is 56.3 Å². The van der Waals surface area contributed by atoms with Gasteiger partial charge in [-0.1, -0.05) is 23.8 Å². The van der Waals surface area contributed by atoms with Crippen molar-refractivity contribution in [1.29, 1.82) is 0 Å². The highest BCUT2D eigenvalue weighted by molar-refractivity contribution is 9.10. The zero-order valence-corrected chi connectivity index (χ0v) is 13.7. The van der Waals surface area contributed by atoms with E-state index in [9.17, 15) is 9.18 Å². The molecule has 1 amide bonds. The van der Waals surface area contributed by atoms with Crippen LogP contribution in [-0.2, 0) is 0 Å². The van der Waals surface area contributed by atoms with Crippen LogP contribution in [0.25, 0.3) is 0 Å². The van der Waals surface area contributed by atoms with Crippen molar-refractivity contribution in [2.24, 2.45) is 5.73 Å². The number of rotatable bonds is 3. The number of amides is 1. The first-order chi connectivity index (χ1) is 9.88. The Morgan fingerprint density at radius 1 is 1.24 bits per heavy atom. The van der Waals surface area contributed by atoms with Crippen LogP contribution < -0.4 is 11.1 Å². The first-order valence-corrected chi connectivity index (χ1v) is 7.32. The Labute approximate surface area is 139 Å². The van der Waals surface area contributed by atoms with E-state index < -0.39 is 11.7 Å². The fourth-order valence-electron chi connectivity index (χ4n) is 1.60. The number of anilines is 1. The molecule has 0 saturated carbocycles. The highest BCUT2D eigenvalue weighted by Crippen LogP contribution is 2.24. The van der Waals surface area contributed by atoms with Crippen molar-refractivity contribution < 1.29 is 9.18 Å². The minimum Gasteiger partial charge on any atom is -0.389 e. The summed E-state index contributed by atoms with van der Waals surface area (Å²) in [5.74, 6) is -1.08. The number of carbonyl (C=O) groups is 1. The predicted octanol–water partition coefficient (Wildman–Crippen LogP) is 4.13. The van der Waals surface area contributed by atoms with Crippen LogP contribution in [0.15, 0.2) is 40.9 Å². The van der Waals surface area contributed by atoms with E-state index in [0.717, 1.165) is 0 Å². The van der Waals surface area contributed by atoms with Crippen LogP contribution in [0.3, 0.4) is 0 Å². The Morgan fingerprint density at radius 3 is 2.48 bits per heavy atom. The minimum atomic E-state index is -0.614. The number of hydrogen-bond donors (Lipinski definition) is 2. The Balaban J connectivity index is 2.23. The molecule has 0 aliphatic heterocycles. The van der Waals surface area contributed by atoms with Gasteiger partial charge in [0.05, 0.1) is 10.7 Å². The monoisotopic (exact) mass is 386 g/mol. The number of benzene rings is 2. The molecule has 0 unspecified atom stereocenters. The van der Waals surface area contributed by atoms with E-state index in [0.29, 0.717) is 20.6 Å². The lowest BCUT2D eigenvalue weighted by Crippen LogP contribution is -2.14. The molecule has 0 aromatic heterocycles. The van der Waals surface area contributed by atoms with Crippen LogP contribution in [0.4, 0.5) is 10.1 Å². The lowest BCUT2D eigenvalue weighted by molar-refractivity contribution is 0.102. The Morgan fingerprint density at radius 2 is 1.90 bits per heavy atom. The number of nitrogens with one attached hydrogen (secondary N) is 1. The third-order valence-electron chi connectivity index (χ3n) is 2.68. The zero-order valence-electron chi connectivity index (χ0n) is 10.5. The van der Waals surface area contributed by atoms with E-state index in [-0.39, 0.29) is 10.7 Å². The van der Waals surface area contributed by atoms with Gasteiger partial charge in [-0.3, -0.25) is 4.79 Å². The second-order valence-electron chi connectivity index (χ2n) is 4.14. The van der Waals surface area contributed by atoms with E-state index in [1.54, 1.807) is 12.1 Å². The van der Waals surface area contributed by atoms with Gasteiger partial charge in [0.25, 0.3) is 5.91 Å². The highest BCUT2D eigenvalue weighted by atomic mass is 79.9. The standard InChI is InChI=1S/C14H9BrClFN2OS/c15-9-3-1-8(5-10(9)16)14(20)19-12-4-2-7(13(18)21)6-11(12)17/h1-6H,(H2,18,21)(H,19,20). The van der Waals surface area contributed by atoms with Crippen LogP contribution in [-0.4, -0.2) is 10.9 Å². The van der Waals surface area contributed by atoms with Crippen LogP contribution in [0, 0.1) is 5.82 Å². The smallest absolute Gasteiger partial charge is 0.255 e. The summed E-state index contributed by atoms with van der Waals surface area (Å²) in [6.07, 6.45) is 0. The lowest BCUT2D eigenvalue weighted by Gasteiger charge is -2.08. The van der Waals surface area contributed by atoms with Gasteiger partial charge in [0.1, 0.15) is 10.8 Å². The van der Waals surface area contributed by atoms with Crippen LogP contribution in [0.1, 0.15) is 15.9 Å². The molecule has 0 atom stereocenters. The molecule has 3 nitrogen and oxygen atoms in total. The molecule has 0 heterocycles. The van der Waals surface area contributed by atoms with Crippen LogP contribution in [0.2, 0.25) is 5.02 Å². The molecule has 0 aliphatic rings. The van der Waals surface area contributed by atoms with Gasteiger partial charge in [0.2, 0.25) is 0 Å². The topological polar surface area (TPSA) is 55.1 Å². The zero-order chi connectivity index (χ0) is 15.6. The van der Waals surface area contributed by atoms with Gasteiger partial charge < -0.3 is 11.1 Å². The van der Waals surface area contributed by atoms with Crippen molar-refractivity contribution in [2.45, 2.75) is 0 Å². The van der Waals surface area contributed by atoms with Gasteiger partial charge in [-0.2, -0.15) is 0 Å². The highest BCUT2D eigenvalue weighted by Gasteiger charge is 2.11. The van der Waals surface area contributed by atoms with Gasteiger partial charge in [-0.15, -0.1) is 0 Å². The Kier molecular flexibility index (Phi) is 4.92. The SMILES string of the molecule is NC(=S)c1ccc(NC(=O)c2ccc(Br)c(Cl)c2)c(F)c1. The summed E-state index contributed by atoms with van der Waals surface area (Å²) in [7, 11) is 0. The molecule has 7 heteroatoms. The third-order valence-corrected chi connectivity index (χ3v) is 4.15. The Hall–Kier alpha value is -1.50. The molecule has 3 N–H and O–H groups in total. The van der Waals surface area contributed by atoms with Gasteiger partial charge in [-0.05, 0) is 52.3 Å². The molecule has 0 aliphatic carbocycles. The molecule has 21 heavy (non-hydrogen) atoms. The average Bonchev–Trinajstić information content (AvgIpc) is 2.43. The number of carbonyl (C=O) groups excluding carboxylic acids is 1. The normalized spacial score (nSPS) is 10.2. The van der Waals surface area contributed by atoms with Crippen LogP contribution in [0.5, 0.6) is 0 Å². The maximum atomic E-state index is 13.9. The summed E-state index contributed by atoms with van der Waals surface area (Å²) < 4.78 is 14.5. The number of halogens is 3. The van der Waals surface area contributed by atoms with E-state index >= 15 is 0 Å². The fourth-order valence-corrected chi connectivity index (χ4v) is 2.16. The molecule has 0 radical (unpaired) electrons. The van der Waals surface area contributed by atoms with Crippen molar-refractivity contribution in [3.8, 4) is 0 Å². The van der Waals surface area contributed by atoms with Crippen molar-refractivity contribution in [1.82, 2.24) is 0 Å². The second-order valence-corrected chi connectivity index (χ2v) is 5.84. The quantitative estimate of drug-likeness (QED) is 0.779. The summed E-state index contributed by atoms with van der Waals surface area (Å²) in [4.78, 5) is 12.1. The molecule has 2 aromatic rings. The van der Waals surface area contributed by atoms with Crippen molar-refractivity contribution in [3.05, 3.63) is 62.8 Å². The van der Waals surface area contributed by atoms with Gasteiger partial charge >= 0.3 is 0 Å². The average molecular weight is 388 g/mol.